The number of aryl methyl sites for hydroxylation is 2. The molecule has 0 saturated carbocycles. The molecule has 0 aromatic heterocycles. The number of nitrogens with one attached hydrogen (secondary N) is 3. The van der Waals surface area contributed by atoms with Gasteiger partial charge in [0.2, 0.25) is 10.0 Å². The molecular formula is C20H27FN4O2S. The first-order chi connectivity index (χ1) is 13.3. The second-order valence-corrected chi connectivity index (χ2v) is 8.18. The van der Waals surface area contributed by atoms with Crippen molar-refractivity contribution in [3.05, 3.63) is 65.0 Å². The molecule has 2 aromatic carbocycles. The molecular weight excluding hydrogens is 379 g/mol. The average Bonchev–Trinajstić information content (AvgIpc) is 2.66. The quantitative estimate of drug-likeness (QED) is 0.357. The van der Waals surface area contributed by atoms with Gasteiger partial charge in [0.25, 0.3) is 0 Å². The summed E-state index contributed by atoms with van der Waals surface area (Å²) in [5.41, 5.74) is 2.48. The maximum atomic E-state index is 13.3. The molecule has 3 N–H and O–H groups in total. The largest absolute Gasteiger partial charge is 0.357 e. The summed E-state index contributed by atoms with van der Waals surface area (Å²) in [6.07, 6.45) is 0. The van der Waals surface area contributed by atoms with Crippen LogP contribution in [0.1, 0.15) is 23.6 Å². The zero-order valence-electron chi connectivity index (χ0n) is 16.4. The van der Waals surface area contributed by atoms with Gasteiger partial charge in [0.15, 0.2) is 5.96 Å². The number of rotatable bonds is 8. The Hall–Kier alpha value is -2.45. The molecule has 152 valence electrons. The lowest BCUT2D eigenvalue weighted by atomic mass is 10.1. The van der Waals surface area contributed by atoms with Crippen LogP contribution >= 0.6 is 0 Å². The van der Waals surface area contributed by atoms with Crippen molar-refractivity contribution in [3.8, 4) is 0 Å². The van der Waals surface area contributed by atoms with Crippen molar-refractivity contribution in [2.24, 2.45) is 4.99 Å². The number of nitrogens with zero attached hydrogens (tertiary/aromatic N) is 1. The van der Waals surface area contributed by atoms with Crippen molar-refractivity contribution in [2.45, 2.75) is 32.2 Å². The van der Waals surface area contributed by atoms with Crippen LogP contribution in [0.4, 0.5) is 4.39 Å². The Morgan fingerprint density at radius 3 is 2.39 bits per heavy atom. The lowest BCUT2D eigenvalue weighted by Gasteiger charge is -2.12. The Morgan fingerprint density at radius 2 is 1.75 bits per heavy atom. The number of halogens is 1. The minimum atomic E-state index is -3.54. The van der Waals surface area contributed by atoms with Gasteiger partial charge in [-0.3, -0.25) is 0 Å². The van der Waals surface area contributed by atoms with E-state index in [0.29, 0.717) is 31.2 Å². The highest BCUT2D eigenvalue weighted by molar-refractivity contribution is 7.89. The van der Waals surface area contributed by atoms with Crippen molar-refractivity contribution in [2.75, 3.05) is 19.6 Å². The summed E-state index contributed by atoms with van der Waals surface area (Å²) in [7, 11) is -3.54. The fraction of sp³-hybridized carbons (Fsp3) is 0.350. The van der Waals surface area contributed by atoms with Crippen LogP contribution in [-0.2, 0) is 16.6 Å². The molecule has 0 spiro atoms. The lowest BCUT2D eigenvalue weighted by molar-refractivity contribution is 0.580. The molecule has 28 heavy (non-hydrogen) atoms. The Morgan fingerprint density at radius 1 is 1.04 bits per heavy atom. The van der Waals surface area contributed by atoms with Crippen molar-refractivity contribution in [1.82, 2.24) is 15.4 Å². The van der Waals surface area contributed by atoms with Crippen LogP contribution in [0, 0.1) is 19.7 Å². The molecule has 8 heteroatoms. The standard InChI is InChI=1S/C20H27FN4O2S/c1-4-22-20(24-14-17-7-10-19(21)16(3)13-17)23-11-12-25-28(26,27)18-8-5-15(2)6-9-18/h5-10,13,25H,4,11-12,14H2,1-3H3,(H2,22,23,24). The number of hydrogen-bond donors (Lipinski definition) is 3. The molecule has 0 heterocycles. The van der Waals surface area contributed by atoms with Gasteiger partial charge in [-0.25, -0.2) is 22.5 Å². The van der Waals surface area contributed by atoms with Gasteiger partial charge in [-0.2, -0.15) is 0 Å². The van der Waals surface area contributed by atoms with Gasteiger partial charge >= 0.3 is 0 Å². The third-order valence-electron chi connectivity index (χ3n) is 4.03. The first kappa shape index (κ1) is 21.8. The van der Waals surface area contributed by atoms with Crippen molar-refractivity contribution >= 4 is 16.0 Å². The van der Waals surface area contributed by atoms with Gasteiger partial charge in [-0.15, -0.1) is 0 Å². The number of hydrogen-bond acceptors (Lipinski definition) is 3. The monoisotopic (exact) mass is 406 g/mol. The Balaban J connectivity index is 1.88. The average molecular weight is 407 g/mol. The first-order valence-corrected chi connectivity index (χ1v) is 10.6. The molecule has 0 aliphatic rings. The highest BCUT2D eigenvalue weighted by Crippen LogP contribution is 2.10. The van der Waals surface area contributed by atoms with E-state index in [1.807, 2.05) is 13.8 Å². The molecule has 0 bridgehead atoms. The first-order valence-electron chi connectivity index (χ1n) is 9.15. The number of aliphatic imine (C=N–C) groups is 1. The number of benzene rings is 2. The van der Waals surface area contributed by atoms with Gasteiger partial charge in [0.1, 0.15) is 5.82 Å². The fourth-order valence-electron chi connectivity index (χ4n) is 2.48. The minimum absolute atomic E-state index is 0.219. The normalized spacial score (nSPS) is 12.1. The summed E-state index contributed by atoms with van der Waals surface area (Å²) in [5.74, 6) is 0.331. The third kappa shape index (κ3) is 6.61. The van der Waals surface area contributed by atoms with Gasteiger partial charge in [0.05, 0.1) is 11.4 Å². The summed E-state index contributed by atoms with van der Waals surface area (Å²) in [5, 5.41) is 6.19. The van der Waals surface area contributed by atoms with E-state index in [2.05, 4.69) is 20.3 Å². The molecule has 0 amide bonds. The van der Waals surface area contributed by atoms with Gasteiger partial charge in [0, 0.05) is 19.6 Å². The molecule has 0 radical (unpaired) electrons. The van der Waals surface area contributed by atoms with Crippen LogP contribution in [0.25, 0.3) is 0 Å². The van der Waals surface area contributed by atoms with Gasteiger partial charge < -0.3 is 10.6 Å². The predicted molar refractivity (Wildman–Crippen MR) is 110 cm³/mol. The fourth-order valence-corrected chi connectivity index (χ4v) is 3.52. The topological polar surface area (TPSA) is 82.6 Å². The van der Waals surface area contributed by atoms with Crippen LogP contribution in [0.2, 0.25) is 0 Å². The summed E-state index contributed by atoms with van der Waals surface area (Å²) >= 11 is 0. The highest BCUT2D eigenvalue weighted by Gasteiger charge is 2.12. The zero-order valence-corrected chi connectivity index (χ0v) is 17.2. The number of guanidine groups is 1. The maximum Gasteiger partial charge on any atom is 0.240 e. The molecule has 0 fully saturated rings. The third-order valence-corrected chi connectivity index (χ3v) is 5.50. The molecule has 0 unspecified atom stereocenters. The molecule has 2 aromatic rings. The molecule has 2 rings (SSSR count). The molecule has 0 aliphatic carbocycles. The second kappa shape index (κ2) is 10.2. The van der Waals surface area contributed by atoms with E-state index in [9.17, 15) is 12.8 Å². The van der Waals surface area contributed by atoms with Gasteiger partial charge in [-0.1, -0.05) is 29.8 Å². The summed E-state index contributed by atoms with van der Waals surface area (Å²) < 4.78 is 40.4. The number of sulfonamides is 1. The van der Waals surface area contributed by atoms with Crippen LogP contribution in [0.15, 0.2) is 52.4 Å². The zero-order chi connectivity index (χ0) is 20.6. The van der Waals surface area contributed by atoms with Crippen molar-refractivity contribution in [3.63, 3.8) is 0 Å². The summed E-state index contributed by atoms with van der Waals surface area (Å²) in [4.78, 5) is 4.69. The molecule has 0 atom stereocenters. The van der Waals surface area contributed by atoms with Crippen molar-refractivity contribution < 1.29 is 12.8 Å². The molecule has 6 nitrogen and oxygen atoms in total. The lowest BCUT2D eigenvalue weighted by Crippen LogP contribution is -2.41. The summed E-state index contributed by atoms with van der Waals surface area (Å²) in [6, 6.07) is 11.6. The highest BCUT2D eigenvalue weighted by atomic mass is 32.2. The minimum Gasteiger partial charge on any atom is -0.357 e. The Bertz CT molecular complexity index is 912. The van der Waals surface area contributed by atoms with Crippen LogP contribution < -0.4 is 15.4 Å². The van der Waals surface area contributed by atoms with E-state index in [1.165, 1.54) is 6.07 Å². The second-order valence-electron chi connectivity index (χ2n) is 6.42. The van der Waals surface area contributed by atoms with Crippen LogP contribution in [-0.4, -0.2) is 34.0 Å². The van der Waals surface area contributed by atoms with E-state index in [1.54, 1.807) is 43.3 Å². The van der Waals surface area contributed by atoms with Crippen LogP contribution in [0.3, 0.4) is 0 Å². The molecule has 0 saturated heterocycles. The van der Waals surface area contributed by atoms with Gasteiger partial charge in [-0.05, 0) is 50.1 Å². The Labute approximate surface area is 166 Å². The van der Waals surface area contributed by atoms with Crippen molar-refractivity contribution in [1.29, 1.82) is 0 Å². The Kier molecular flexibility index (Phi) is 7.95. The summed E-state index contributed by atoms with van der Waals surface area (Å²) in [6.45, 7) is 7.22. The predicted octanol–water partition coefficient (Wildman–Crippen LogP) is 2.48. The van der Waals surface area contributed by atoms with E-state index >= 15 is 0 Å². The van der Waals surface area contributed by atoms with E-state index in [-0.39, 0.29) is 17.3 Å². The van der Waals surface area contributed by atoms with E-state index < -0.39 is 10.0 Å². The smallest absolute Gasteiger partial charge is 0.240 e. The van der Waals surface area contributed by atoms with E-state index in [0.717, 1.165) is 11.1 Å². The molecule has 0 aliphatic heterocycles. The maximum absolute atomic E-state index is 13.3. The van der Waals surface area contributed by atoms with Crippen LogP contribution in [0.5, 0.6) is 0 Å². The van der Waals surface area contributed by atoms with E-state index in [4.69, 9.17) is 0 Å². The SMILES string of the molecule is CCNC(=NCc1ccc(F)c(C)c1)NCCNS(=O)(=O)c1ccc(C)cc1.